The van der Waals surface area contributed by atoms with Gasteiger partial charge in [-0.15, -0.1) is 11.3 Å². The second-order valence-electron chi connectivity index (χ2n) is 3.75. The summed E-state index contributed by atoms with van der Waals surface area (Å²) in [6, 6.07) is 3.92. The number of thiophene rings is 1. The van der Waals surface area contributed by atoms with Crippen LogP contribution in [0.5, 0.6) is 0 Å². The zero-order chi connectivity index (χ0) is 13.0. The van der Waals surface area contributed by atoms with Crippen LogP contribution in [0.4, 0.5) is 5.82 Å². The van der Waals surface area contributed by atoms with E-state index < -0.39 is 0 Å². The summed E-state index contributed by atoms with van der Waals surface area (Å²) >= 11 is 1.61. The number of nitrogens with one attached hydrogen (secondary N) is 2. The van der Waals surface area contributed by atoms with Gasteiger partial charge in [0.2, 0.25) is 0 Å². The lowest BCUT2D eigenvalue weighted by molar-refractivity contribution is 0.0935. The molecule has 2 rings (SSSR count). The summed E-state index contributed by atoms with van der Waals surface area (Å²) in [6.07, 6.45) is 3.02. The van der Waals surface area contributed by atoms with Gasteiger partial charge >= 0.3 is 0 Å². The fourth-order valence-corrected chi connectivity index (χ4v) is 2.21. The molecule has 0 saturated carbocycles. The van der Waals surface area contributed by atoms with Crippen LogP contribution in [-0.2, 0) is 0 Å². The first-order chi connectivity index (χ1) is 8.70. The Balaban J connectivity index is 2.07. The van der Waals surface area contributed by atoms with Gasteiger partial charge in [-0.3, -0.25) is 9.78 Å². The van der Waals surface area contributed by atoms with Crippen LogP contribution in [-0.4, -0.2) is 22.9 Å². The molecule has 0 spiro atoms. The Hall–Kier alpha value is -1.95. The van der Waals surface area contributed by atoms with Crippen molar-refractivity contribution in [1.82, 2.24) is 15.3 Å². The summed E-state index contributed by atoms with van der Waals surface area (Å²) < 4.78 is 0. The predicted molar refractivity (Wildman–Crippen MR) is 71.8 cm³/mol. The molecule has 5 nitrogen and oxygen atoms in total. The van der Waals surface area contributed by atoms with E-state index in [0.29, 0.717) is 11.5 Å². The minimum absolute atomic E-state index is 0.0301. The number of hydrogen-bond acceptors (Lipinski definition) is 5. The summed E-state index contributed by atoms with van der Waals surface area (Å²) in [4.78, 5) is 21.2. The van der Waals surface area contributed by atoms with Crippen LogP contribution in [0.1, 0.15) is 28.3 Å². The average Bonchev–Trinajstić information content (AvgIpc) is 2.92. The van der Waals surface area contributed by atoms with Crippen molar-refractivity contribution in [2.75, 3.05) is 12.4 Å². The number of carbonyl (C=O) groups excluding carboxylic acids is 1. The molecule has 0 aliphatic rings. The highest BCUT2D eigenvalue weighted by Gasteiger charge is 2.13. The van der Waals surface area contributed by atoms with Gasteiger partial charge in [0.15, 0.2) is 0 Å². The number of hydrogen-bond donors (Lipinski definition) is 2. The first kappa shape index (κ1) is 12.5. The standard InChI is InChI=1S/C12H14N4OS/c1-8(10-4-3-5-18-10)15-12(17)9-6-14-7-11(13-2)16-9/h3-8H,1-2H3,(H,13,16)(H,15,17). The largest absolute Gasteiger partial charge is 0.372 e. The van der Waals surface area contributed by atoms with Gasteiger partial charge in [-0.1, -0.05) is 6.07 Å². The fourth-order valence-electron chi connectivity index (χ4n) is 1.48. The van der Waals surface area contributed by atoms with Gasteiger partial charge in [-0.2, -0.15) is 0 Å². The van der Waals surface area contributed by atoms with E-state index in [1.807, 2.05) is 24.4 Å². The lowest BCUT2D eigenvalue weighted by Crippen LogP contribution is -2.27. The molecule has 0 saturated heterocycles. The lowest BCUT2D eigenvalue weighted by Gasteiger charge is -2.11. The van der Waals surface area contributed by atoms with Crippen molar-refractivity contribution in [3.8, 4) is 0 Å². The van der Waals surface area contributed by atoms with E-state index in [1.54, 1.807) is 24.6 Å². The molecular weight excluding hydrogens is 248 g/mol. The number of aromatic nitrogens is 2. The third-order valence-electron chi connectivity index (χ3n) is 2.44. The molecule has 0 fully saturated rings. The average molecular weight is 262 g/mol. The maximum atomic E-state index is 12.0. The van der Waals surface area contributed by atoms with Crippen LogP contribution in [0.25, 0.3) is 0 Å². The highest BCUT2D eigenvalue weighted by Crippen LogP contribution is 2.18. The quantitative estimate of drug-likeness (QED) is 0.885. The van der Waals surface area contributed by atoms with Crippen LogP contribution in [0.2, 0.25) is 0 Å². The van der Waals surface area contributed by atoms with Crippen molar-refractivity contribution in [3.63, 3.8) is 0 Å². The Kier molecular flexibility index (Phi) is 3.88. The second kappa shape index (κ2) is 5.59. The second-order valence-corrected chi connectivity index (χ2v) is 4.73. The molecule has 2 aromatic rings. The first-order valence-electron chi connectivity index (χ1n) is 5.54. The van der Waals surface area contributed by atoms with Crippen molar-refractivity contribution in [2.24, 2.45) is 0 Å². The Bertz CT molecular complexity index is 527. The molecule has 0 aliphatic carbocycles. The van der Waals surface area contributed by atoms with Crippen molar-refractivity contribution >= 4 is 23.1 Å². The highest BCUT2D eigenvalue weighted by atomic mass is 32.1. The molecule has 0 radical (unpaired) electrons. The third-order valence-corrected chi connectivity index (χ3v) is 3.50. The molecule has 2 heterocycles. The molecule has 94 valence electrons. The van der Waals surface area contributed by atoms with Crippen LogP contribution in [0.3, 0.4) is 0 Å². The molecular formula is C12H14N4OS. The summed E-state index contributed by atoms with van der Waals surface area (Å²) in [5.74, 6) is 0.354. The SMILES string of the molecule is CNc1cncc(C(=O)NC(C)c2cccs2)n1. The Morgan fingerprint density at radius 2 is 2.28 bits per heavy atom. The zero-order valence-electron chi connectivity index (χ0n) is 10.2. The molecule has 1 atom stereocenters. The van der Waals surface area contributed by atoms with Crippen LogP contribution in [0, 0.1) is 0 Å². The van der Waals surface area contributed by atoms with Gasteiger partial charge in [-0.25, -0.2) is 4.98 Å². The molecule has 0 aliphatic heterocycles. The van der Waals surface area contributed by atoms with Crippen LogP contribution in [0.15, 0.2) is 29.9 Å². The summed E-state index contributed by atoms with van der Waals surface area (Å²) in [5, 5.41) is 7.73. The van der Waals surface area contributed by atoms with E-state index in [0.717, 1.165) is 4.88 Å². The molecule has 1 unspecified atom stereocenters. The molecule has 0 bridgehead atoms. The number of amides is 1. The van der Waals surface area contributed by atoms with Crippen LogP contribution >= 0.6 is 11.3 Å². The van der Waals surface area contributed by atoms with E-state index in [-0.39, 0.29) is 11.9 Å². The van der Waals surface area contributed by atoms with Gasteiger partial charge in [0.25, 0.3) is 5.91 Å². The first-order valence-corrected chi connectivity index (χ1v) is 6.42. The van der Waals surface area contributed by atoms with Gasteiger partial charge in [0.1, 0.15) is 11.5 Å². The van der Waals surface area contributed by atoms with Crippen molar-refractivity contribution in [3.05, 3.63) is 40.5 Å². The number of carbonyl (C=O) groups is 1. The highest BCUT2D eigenvalue weighted by molar-refractivity contribution is 7.10. The van der Waals surface area contributed by atoms with Crippen molar-refractivity contribution in [2.45, 2.75) is 13.0 Å². The Labute approximate surface area is 109 Å². The number of nitrogens with zero attached hydrogens (tertiary/aromatic N) is 2. The monoisotopic (exact) mass is 262 g/mol. The molecule has 2 aromatic heterocycles. The Morgan fingerprint density at radius 1 is 1.44 bits per heavy atom. The molecule has 6 heteroatoms. The molecule has 0 aromatic carbocycles. The molecule has 2 N–H and O–H groups in total. The van der Waals surface area contributed by atoms with Gasteiger partial charge < -0.3 is 10.6 Å². The normalized spacial score (nSPS) is 11.9. The Morgan fingerprint density at radius 3 is 2.94 bits per heavy atom. The van der Waals surface area contributed by atoms with E-state index in [9.17, 15) is 4.79 Å². The summed E-state index contributed by atoms with van der Waals surface area (Å²) in [5.41, 5.74) is 0.310. The van der Waals surface area contributed by atoms with Crippen molar-refractivity contribution < 1.29 is 4.79 Å². The third kappa shape index (κ3) is 2.84. The van der Waals surface area contributed by atoms with Crippen molar-refractivity contribution in [1.29, 1.82) is 0 Å². The fraction of sp³-hybridized carbons (Fsp3) is 0.250. The molecule has 1 amide bonds. The van der Waals surface area contributed by atoms with Gasteiger partial charge in [-0.05, 0) is 18.4 Å². The minimum atomic E-state index is -0.222. The zero-order valence-corrected chi connectivity index (χ0v) is 11.0. The summed E-state index contributed by atoms with van der Waals surface area (Å²) in [7, 11) is 1.74. The van der Waals surface area contributed by atoms with E-state index in [1.165, 1.54) is 6.20 Å². The maximum Gasteiger partial charge on any atom is 0.272 e. The number of rotatable bonds is 4. The topological polar surface area (TPSA) is 66.9 Å². The van der Waals surface area contributed by atoms with E-state index in [4.69, 9.17) is 0 Å². The van der Waals surface area contributed by atoms with Gasteiger partial charge in [0.05, 0.1) is 18.4 Å². The lowest BCUT2D eigenvalue weighted by atomic mass is 10.2. The summed E-state index contributed by atoms with van der Waals surface area (Å²) in [6.45, 7) is 1.94. The minimum Gasteiger partial charge on any atom is -0.372 e. The smallest absolute Gasteiger partial charge is 0.272 e. The van der Waals surface area contributed by atoms with E-state index >= 15 is 0 Å². The van der Waals surface area contributed by atoms with Gasteiger partial charge in [0, 0.05) is 11.9 Å². The van der Waals surface area contributed by atoms with Crippen LogP contribution < -0.4 is 10.6 Å². The maximum absolute atomic E-state index is 12.0. The number of anilines is 1. The predicted octanol–water partition coefficient (Wildman–Crippen LogP) is 2.07. The molecule has 18 heavy (non-hydrogen) atoms. The van der Waals surface area contributed by atoms with E-state index in [2.05, 4.69) is 20.6 Å².